The summed E-state index contributed by atoms with van der Waals surface area (Å²) in [7, 11) is 0. The lowest BCUT2D eigenvalue weighted by Gasteiger charge is -1.97. The number of hydrogen-bond acceptors (Lipinski definition) is 2. The number of nitriles is 1. The van der Waals surface area contributed by atoms with E-state index < -0.39 is 0 Å². The number of nitrogens with zero attached hydrogens (tertiary/aromatic N) is 2. The van der Waals surface area contributed by atoms with Crippen molar-refractivity contribution in [2.24, 2.45) is 0 Å². The maximum absolute atomic E-state index is 8.84. The minimum absolute atomic E-state index is 0.665. The first-order chi connectivity index (χ1) is 11.3. The summed E-state index contributed by atoms with van der Waals surface area (Å²) < 4.78 is 0. The molecule has 0 fully saturated rings. The van der Waals surface area contributed by atoms with Crippen molar-refractivity contribution in [1.29, 1.82) is 5.26 Å². The number of para-hydroxylation sites is 1. The second-order valence-corrected chi connectivity index (χ2v) is 5.36. The molecule has 4 aromatic rings. The topological polar surface area (TPSA) is 52.5 Å². The number of pyridine rings is 1. The van der Waals surface area contributed by atoms with E-state index in [1.54, 1.807) is 0 Å². The van der Waals surface area contributed by atoms with Gasteiger partial charge in [0.15, 0.2) is 0 Å². The van der Waals surface area contributed by atoms with Crippen LogP contribution in [0, 0.1) is 11.3 Å². The number of H-pyrrole nitrogens is 1. The third-order valence-electron chi connectivity index (χ3n) is 3.93. The van der Waals surface area contributed by atoms with Crippen LogP contribution in [0.5, 0.6) is 0 Å². The molecule has 0 saturated carbocycles. The SMILES string of the molecule is N#Cc1ccc(/C=C/c2nccc3c2[nH]c2ccccc23)cc1. The highest BCUT2D eigenvalue weighted by Gasteiger charge is 2.06. The van der Waals surface area contributed by atoms with Crippen molar-refractivity contribution < 1.29 is 0 Å². The Morgan fingerprint density at radius 2 is 1.74 bits per heavy atom. The molecule has 2 heterocycles. The summed E-state index contributed by atoms with van der Waals surface area (Å²) in [5, 5.41) is 11.2. The third-order valence-corrected chi connectivity index (χ3v) is 3.93. The van der Waals surface area contributed by atoms with Crippen LogP contribution >= 0.6 is 0 Å². The van der Waals surface area contributed by atoms with Crippen LogP contribution in [-0.4, -0.2) is 9.97 Å². The van der Waals surface area contributed by atoms with Crippen molar-refractivity contribution in [3.05, 3.63) is 77.6 Å². The second kappa shape index (κ2) is 5.43. The minimum Gasteiger partial charge on any atom is -0.353 e. The van der Waals surface area contributed by atoms with Gasteiger partial charge in [-0.25, -0.2) is 0 Å². The smallest absolute Gasteiger partial charge is 0.0991 e. The summed E-state index contributed by atoms with van der Waals surface area (Å²) in [5.41, 5.74) is 4.77. The molecule has 4 rings (SSSR count). The zero-order valence-corrected chi connectivity index (χ0v) is 12.3. The van der Waals surface area contributed by atoms with Gasteiger partial charge >= 0.3 is 0 Å². The van der Waals surface area contributed by atoms with E-state index in [2.05, 4.69) is 28.2 Å². The largest absolute Gasteiger partial charge is 0.353 e. The lowest BCUT2D eigenvalue weighted by molar-refractivity contribution is 1.31. The summed E-state index contributed by atoms with van der Waals surface area (Å²) in [6.07, 6.45) is 5.84. The van der Waals surface area contributed by atoms with Crippen LogP contribution in [0.25, 0.3) is 34.0 Å². The van der Waals surface area contributed by atoms with E-state index >= 15 is 0 Å². The van der Waals surface area contributed by atoms with E-state index in [0.29, 0.717) is 5.56 Å². The number of hydrogen-bond donors (Lipinski definition) is 1. The van der Waals surface area contributed by atoms with Gasteiger partial charge in [0.1, 0.15) is 0 Å². The third kappa shape index (κ3) is 2.37. The van der Waals surface area contributed by atoms with Crippen molar-refractivity contribution in [1.82, 2.24) is 9.97 Å². The summed E-state index contributed by atoms with van der Waals surface area (Å²) in [6.45, 7) is 0. The first-order valence-electron chi connectivity index (χ1n) is 7.39. The van der Waals surface area contributed by atoms with Gasteiger partial charge in [-0.3, -0.25) is 4.98 Å². The van der Waals surface area contributed by atoms with Crippen molar-refractivity contribution in [2.75, 3.05) is 0 Å². The molecule has 0 bridgehead atoms. The Kier molecular flexibility index (Phi) is 3.14. The molecule has 2 aromatic carbocycles. The van der Waals surface area contributed by atoms with Crippen molar-refractivity contribution in [2.45, 2.75) is 0 Å². The fraction of sp³-hybridized carbons (Fsp3) is 0. The van der Waals surface area contributed by atoms with Crippen molar-refractivity contribution in [3.8, 4) is 6.07 Å². The Labute approximate surface area is 133 Å². The molecule has 3 heteroatoms. The molecule has 108 valence electrons. The fourth-order valence-corrected chi connectivity index (χ4v) is 2.77. The molecule has 0 aliphatic rings. The molecule has 0 spiro atoms. The molecule has 0 saturated heterocycles. The maximum atomic E-state index is 8.84. The summed E-state index contributed by atoms with van der Waals surface area (Å²) in [6, 6.07) is 19.9. The van der Waals surface area contributed by atoms with Crippen LogP contribution < -0.4 is 0 Å². The number of benzene rings is 2. The first kappa shape index (κ1) is 13.3. The summed E-state index contributed by atoms with van der Waals surface area (Å²) >= 11 is 0. The second-order valence-electron chi connectivity index (χ2n) is 5.36. The number of aromatic amines is 1. The van der Waals surface area contributed by atoms with Gasteiger partial charge in [-0.15, -0.1) is 0 Å². The molecular weight excluding hydrogens is 282 g/mol. The molecule has 0 aliphatic heterocycles. The molecule has 0 unspecified atom stereocenters. The van der Waals surface area contributed by atoms with Crippen LogP contribution in [0.1, 0.15) is 16.8 Å². The van der Waals surface area contributed by atoms with Gasteiger partial charge in [0, 0.05) is 22.5 Å². The average Bonchev–Trinajstić information content (AvgIpc) is 3.00. The molecule has 23 heavy (non-hydrogen) atoms. The van der Waals surface area contributed by atoms with Gasteiger partial charge in [-0.1, -0.05) is 36.4 Å². The number of rotatable bonds is 2. The Hall–Kier alpha value is -3.38. The number of fused-ring (bicyclic) bond motifs is 3. The van der Waals surface area contributed by atoms with E-state index in [9.17, 15) is 0 Å². The Morgan fingerprint density at radius 1 is 0.913 bits per heavy atom. The highest BCUT2D eigenvalue weighted by atomic mass is 14.8. The zero-order valence-electron chi connectivity index (χ0n) is 12.3. The van der Waals surface area contributed by atoms with Crippen LogP contribution in [-0.2, 0) is 0 Å². The van der Waals surface area contributed by atoms with Crippen molar-refractivity contribution >= 4 is 34.0 Å². The van der Waals surface area contributed by atoms with Gasteiger partial charge in [-0.2, -0.15) is 5.26 Å². The van der Waals surface area contributed by atoms with Crippen LogP contribution in [0.2, 0.25) is 0 Å². The Balaban J connectivity index is 1.79. The Morgan fingerprint density at radius 3 is 2.57 bits per heavy atom. The van der Waals surface area contributed by atoms with Crippen LogP contribution in [0.4, 0.5) is 0 Å². The molecule has 1 N–H and O–H groups in total. The van der Waals surface area contributed by atoms with Crippen molar-refractivity contribution in [3.63, 3.8) is 0 Å². The standard InChI is InChI=1S/C20H13N3/c21-13-15-7-5-14(6-8-15)9-10-19-20-17(11-12-22-19)16-3-1-2-4-18(16)23-20/h1-12,23H/b10-9+. The Bertz CT molecular complexity index is 1060. The molecule has 0 atom stereocenters. The van der Waals surface area contributed by atoms with E-state index in [4.69, 9.17) is 5.26 Å². The zero-order chi connectivity index (χ0) is 15.6. The van der Waals surface area contributed by atoms with Crippen LogP contribution in [0.15, 0.2) is 60.8 Å². The fourth-order valence-electron chi connectivity index (χ4n) is 2.77. The van der Waals surface area contributed by atoms with E-state index in [-0.39, 0.29) is 0 Å². The quantitative estimate of drug-likeness (QED) is 0.579. The highest BCUT2D eigenvalue weighted by molar-refractivity contribution is 6.09. The predicted octanol–water partition coefficient (Wildman–Crippen LogP) is 4.76. The summed E-state index contributed by atoms with van der Waals surface area (Å²) in [5.74, 6) is 0. The van der Waals surface area contributed by atoms with E-state index in [0.717, 1.165) is 22.3 Å². The predicted molar refractivity (Wildman–Crippen MR) is 93.7 cm³/mol. The van der Waals surface area contributed by atoms with E-state index in [1.807, 2.05) is 60.8 Å². The lowest BCUT2D eigenvalue weighted by Crippen LogP contribution is -1.82. The molecular formula is C20H13N3. The van der Waals surface area contributed by atoms with Gasteiger partial charge in [-0.05, 0) is 35.9 Å². The molecule has 0 radical (unpaired) electrons. The molecule has 2 aromatic heterocycles. The number of nitrogens with one attached hydrogen (secondary N) is 1. The average molecular weight is 295 g/mol. The van der Waals surface area contributed by atoms with Gasteiger partial charge in [0.05, 0.1) is 22.8 Å². The normalized spacial score (nSPS) is 11.3. The van der Waals surface area contributed by atoms with Crippen LogP contribution in [0.3, 0.4) is 0 Å². The minimum atomic E-state index is 0.665. The molecule has 0 aliphatic carbocycles. The molecule has 3 nitrogen and oxygen atoms in total. The number of aromatic nitrogens is 2. The summed E-state index contributed by atoms with van der Waals surface area (Å²) in [4.78, 5) is 7.92. The van der Waals surface area contributed by atoms with Gasteiger partial charge in [0.2, 0.25) is 0 Å². The molecule has 0 amide bonds. The van der Waals surface area contributed by atoms with E-state index in [1.165, 1.54) is 10.8 Å². The lowest BCUT2D eigenvalue weighted by atomic mass is 10.1. The van der Waals surface area contributed by atoms with Gasteiger partial charge in [0.25, 0.3) is 0 Å². The van der Waals surface area contributed by atoms with Gasteiger partial charge < -0.3 is 4.98 Å². The monoisotopic (exact) mass is 295 g/mol. The highest BCUT2D eigenvalue weighted by Crippen LogP contribution is 2.27. The maximum Gasteiger partial charge on any atom is 0.0991 e. The first-order valence-corrected chi connectivity index (χ1v) is 7.39.